The zero-order valence-electron chi connectivity index (χ0n) is 17.0. The highest BCUT2D eigenvalue weighted by molar-refractivity contribution is 5.88. The van der Waals surface area contributed by atoms with Crippen LogP contribution in [0.5, 0.6) is 0 Å². The van der Waals surface area contributed by atoms with Gasteiger partial charge in [-0.25, -0.2) is 9.97 Å². The number of hydrogen-bond acceptors (Lipinski definition) is 4. The molecule has 0 amide bonds. The van der Waals surface area contributed by atoms with Crippen LogP contribution in [-0.4, -0.2) is 32.4 Å². The molecule has 0 aromatic carbocycles. The van der Waals surface area contributed by atoms with E-state index < -0.39 is 0 Å². The maximum Gasteiger partial charge on any atom is 0.0901 e. The van der Waals surface area contributed by atoms with E-state index in [1.807, 2.05) is 54.7 Å². The van der Waals surface area contributed by atoms with Crippen molar-refractivity contribution >= 4 is 58.8 Å². The molecule has 3 aromatic rings. The molecule has 6 nitrogen and oxygen atoms in total. The van der Waals surface area contributed by atoms with Crippen molar-refractivity contribution < 1.29 is 0 Å². The second-order valence-corrected chi connectivity index (χ2v) is 7.57. The fourth-order valence-corrected chi connectivity index (χ4v) is 3.71. The van der Waals surface area contributed by atoms with Gasteiger partial charge >= 0.3 is 0 Å². The van der Waals surface area contributed by atoms with Gasteiger partial charge in [0.2, 0.25) is 0 Å². The van der Waals surface area contributed by atoms with Crippen molar-refractivity contribution in [1.82, 2.24) is 19.9 Å². The highest BCUT2D eigenvalue weighted by Crippen LogP contribution is 2.20. The summed E-state index contributed by atoms with van der Waals surface area (Å²) >= 11 is 0. The SMILES string of the molecule is C1=Cc2cc3ccc(cc4ccc(cc5nc(cc1n2)C=C5)[nH]4)[nH]3.C1=NC2=CC=NC2=C1. The summed E-state index contributed by atoms with van der Waals surface area (Å²) in [6, 6.07) is 16.4. The van der Waals surface area contributed by atoms with Crippen molar-refractivity contribution in [1.29, 1.82) is 0 Å². The molecule has 0 saturated heterocycles. The Balaban J connectivity index is 0.000000205. The van der Waals surface area contributed by atoms with Gasteiger partial charge in [-0.15, -0.1) is 0 Å². The number of fused-ring (bicyclic) bond motifs is 9. The number of aromatic amines is 2. The fourth-order valence-electron chi connectivity index (χ4n) is 3.71. The molecule has 4 aliphatic heterocycles. The maximum absolute atomic E-state index is 4.62. The first-order valence-electron chi connectivity index (χ1n) is 10.3. The van der Waals surface area contributed by atoms with Gasteiger partial charge < -0.3 is 9.97 Å². The van der Waals surface area contributed by atoms with Gasteiger partial charge in [0, 0.05) is 34.5 Å². The second kappa shape index (κ2) is 7.59. The maximum atomic E-state index is 4.62. The van der Waals surface area contributed by atoms with Crippen molar-refractivity contribution in [3.63, 3.8) is 0 Å². The first-order chi connectivity index (χ1) is 15.8. The number of nitrogens with one attached hydrogen (secondary N) is 2. The van der Waals surface area contributed by atoms with E-state index in [0.29, 0.717) is 0 Å². The number of rotatable bonds is 0. The summed E-state index contributed by atoms with van der Waals surface area (Å²) in [5, 5.41) is 0. The van der Waals surface area contributed by atoms with Crippen LogP contribution in [0.4, 0.5) is 0 Å². The highest BCUT2D eigenvalue weighted by Gasteiger charge is 2.08. The molecular formula is C26H18N6. The van der Waals surface area contributed by atoms with E-state index in [2.05, 4.69) is 60.3 Å². The Kier molecular flexibility index (Phi) is 4.32. The Morgan fingerprint density at radius 3 is 1.34 bits per heavy atom. The van der Waals surface area contributed by atoms with Crippen LogP contribution < -0.4 is 0 Å². The van der Waals surface area contributed by atoms with Crippen molar-refractivity contribution in [2.24, 2.45) is 9.98 Å². The van der Waals surface area contributed by atoms with Crippen molar-refractivity contribution in [3.05, 3.63) is 94.9 Å². The standard InChI is InChI=1S/C20H14N4.C6H4N2/c1-2-14-10-16-5-6-18(23-16)12-20-8-7-19(24-20)11-17-4-3-15(22-17)9-13(1)21-14;1-3-7-6-2-4-8-5(1)6/h1-12,21-22H;1-4H. The van der Waals surface area contributed by atoms with E-state index in [0.717, 1.165) is 56.2 Å². The predicted octanol–water partition coefficient (Wildman–Crippen LogP) is 5.58. The van der Waals surface area contributed by atoms with E-state index in [4.69, 9.17) is 0 Å². The number of nitrogens with zero attached hydrogens (tertiary/aromatic N) is 4. The van der Waals surface area contributed by atoms with Crippen molar-refractivity contribution in [2.45, 2.75) is 0 Å². The van der Waals surface area contributed by atoms with Crippen LogP contribution in [0.2, 0.25) is 0 Å². The molecule has 0 saturated carbocycles. The third kappa shape index (κ3) is 3.77. The van der Waals surface area contributed by atoms with Crippen molar-refractivity contribution in [3.8, 4) is 0 Å². The molecule has 6 heteroatoms. The summed E-state index contributed by atoms with van der Waals surface area (Å²) in [7, 11) is 0. The lowest BCUT2D eigenvalue weighted by Crippen LogP contribution is -1.77. The molecule has 7 rings (SSSR count). The molecule has 0 radical (unpaired) electrons. The molecule has 3 aromatic heterocycles. The molecule has 0 spiro atoms. The quantitative estimate of drug-likeness (QED) is 0.347. The Morgan fingerprint density at radius 2 is 0.875 bits per heavy atom. The summed E-state index contributed by atoms with van der Waals surface area (Å²) in [4.78, 5) is 24.1. The van der Waals surface area contributed by atoms with Crippen LogP contribution in [0, 0.1) is 0 Å². The van der Waals surface area contributed by atoms with E-state index in [1.54, 1.807) is 12.4 Å². The Hall–Kier alpha value is -4.58. The van der Waals surface area contributed by atoms with Gasteiger partial charge in [-0.05, 0) is 85.0 Å². The van der Waals surface area contributed by atoms with Crippen LogP contribution in [0.15, 0.2) is 82.1 Å². The van der Waals surface area contributed by atoms with Crippen LogP contribution in [0.1, 0.15) is 22.8 Å². The van der Waals surface area contributed by atoms with E-state index >= 15 is 0 Å². The molecule has 152 valence electrons. The molecule has 0 unspecified atom stereocenters. The minimum absolute atomic E-state index is 0.915. The smallest absolute Gasteiger partial charge is 0.0901 e. The molecular weight excluding hydrogens is 396 g/mol. The molecule has 2 N–H and O–H groups in total. The highest BCUT2D eigenvalue weighted by atomic mass is 14.9. The topological polar surface area (TPSA) is 82.1 Å². The first-order valence-corrected chi connectivity index (χ1v) is 10.3. The van der Waals surface area contributed by atoms with Gasteiger partial charge in [0.05, 0.1) is 34.2 Å². The lowest BCUT2D eigenvalue weighted by Gasteiger charge is -1.86. The summed E-state index contributed by atoms with van der Waals surface area (Å²) in [5.41, 5.74) is 9.84. The minimum Gasteiger partial charge on any atom is -0.355 e. The van der Waals surface area contributed by atoms with Gasteiger partial charge in [0.25, 0.3) is 0 Å². The van der Waals surface area contributed by atoms with Crippen LogP contribution >= 0.6 is 0 Å². The molecule has 7 heterocycles. The first kappa shape index (κ1) is 18.2. The van der Waals surface area contributed by atoms with Crippen LogP contribution in [-0.2, 0) is 0 Å². The zero-order valence-corrected chi connectivity index (χ0v) is 17.0. The van der Waals surface area contributed by atoms with Crippen LogP contribution in [0.25, 0.3) is 46.4 Å². The van der Waals surface area contributed by atoms with E-state index in [1.165, 1.54) is 0 Å². The monoisotopic (exact) mass is 414 g/mol. The van der Waals surface area contributed by atoms with Gasteiger partial charge in [-0.3, -0.25) is 9.98 Å². The zero-order chi connectivity index (χ0) is 21.3. The number of aromatic nitrogens is 4. The number of allylic oxidation sites excluding steroid dienone is 2. The average molecular weight is 414 g/mol. The van der Waals surface area contributed by atoms with E-state index in [9.17, 15) is 0 Å². The summed E-state index contributed by atoms with van der Waals surface area (Å²) in [6.07, 6.45) is 15.4. The summed E-state index contributed by atoms with van der Waals surface area (Å²) < 4.78 is 0. The third-order valence-corrected chi connectivity index (χ3v) is 5.20. The molecule has 32 heavy (non-hydrogen) atoms. The largest absolute Gasteiger partial charge is 0.355 e. The van der Waals surface area contributed by atoms with Crippen LogP contribution in [0.3, 0.4) is 0 Å². The van der Waals surface area contributed by atoms with Gasteiger partial charge in [0.1, 0.15) is 0 Å². The minimum atomic E-state index is 0.915. The molecule has 0 fully saturated rings. The summed E-state index contributed by atoms with van der Waals surface area (Å²) in [6.45, 7) is 0. The third-order valence-electron chi connectivity index (χ3n) is 5.20. The second-order valence-electron chi connectivity index (χ2n) is 7.57. The van der Waals surface area contributed by atoms with E-state index in [-0.39, 0.29) is 0 Å². The van der Waals surface area contributed by atoms with Crippen molar-refractivity contribution in [2.75, 3.05) is 0 Å². The lowest BCUT2D eigenvalue weighted by molar-refractivity contribution is 1.28. The molecule has 8 bridgehead atoms. The normalized spacial score (nSPS) is 14.8. The Bertz CT molecular complexity index is 1460. The average Bonchev–Trinajstić information content (AvgIpc) is 3.56. The molecule has 4 aliphatic rings. The summed E-state index contributed by atoms with van der Waals surface area (Å²) in [5.74, 6) is 0. The van der Waals surface area contributed by atoms with Gasteiger partial charge in [-0.1, -0.05) is 0 Å². The predicted molar refractivity (Wildman–Crippen MR) is 132 cm³/mol. The molecule has 0 atom stereocenters. The lowest BCUT2D eigenvalue weighted by atomic mass is 10.3. The Labute approximate surface area is 183 Å². The Morgan fingerprint density at radius 1 is 0.469 bits per heavy atom. The number of hydrogen-bond donors (Lipinski definition) is 2. The number of aliphatic imine (C=N–C) groups is 2. The van der Waals surface area contributed by atoms with Gasteiger partial charge in [0.15, 0.2) is 0 Å². The molecule has 0 aliphatic carbocycles. The van der Waals surface area contributed by atoms with Gasteiger partial charge in [-0.2, -0.15) is 0 Å². The fraction of sp³-hybridized carbons (Fsp3) is 0. The number of H-pyrrole nitrogens is 2.